The van der Waals surface area contributed by atoms with Crippen LogP contribution in [0.2, 0.25) is 0 Å². The smallest absolute Gasteiger partial charge is 0.273 e. The molecule has 3 aromatic rings. The number of benzene rings is 2. The summed E-state index contributed by atoms with van der Waals surface area (Å²) >= 11 is 1.11. The molecular formula is C19H18N4O3S. The molecule has 0 fully saturated rings. The second-order valence-corrected chi connectivity index (χ2v) is 6.57. The summed E-state index contributed by atoms with van der Waals surface area (Å²) in [7, 11) is 1.54. The lowest BCUT2D eigenvalue weighted by molar-refractivity contribution is -0.113. The molecule has 0 atom stereocenters. The van der Waals surface area contributed by atoms with E-state index in [4.69, 9.17) is 4.74 Å². The Kier molecular flexibility index (Phi) is 6.22. The van der Waals surface area contributed by atoms with Gasteiger partial charge < -0.3 is 10.1 Å². The Hall–Kier alpha value is -3.13. The molecule has 8 heteroatoms. The Balaban J connectivity index is 1.59. The molecule has 0 saturated heterocycles. The largest absolute Gasteiger partial charge is 0.495 e. The Morgan fingerprint density at radius 1 is 1.11 bits per heavy atom. The van der Waals surface area contributed by atoms with Crippen LogP contribution in [0.15, 0.2) is 64.5 Å². The van der Waals surface area contributed by atoms with E-state index in [1.807, 2.05) is 36.4 Å². The van der Waals surface area contributed by atoms with Gasteiger partial charge in [0.05, 0.1) is 18.6 Å². The molecule has 0 aliphatic carbocycles. The van der Waals surface area contributed by atoms with Crippen molar-refractivity contribution in [3.63, 3.8) is 0 Å². The summed E-state index contributed by atoms with van der Waals surface area (Å²) in [4.78, 5) is 27.0. The minimum Gasteiger partial charge on any atom is -0.495 e. The van der Waals surface area contributed by atoms with Gasteiger partial charge >= 0.3 is 0 Å². The van der Waals surface area contributed by atoms with E-state index < -0.39 is 0 Å². The van der Waals surface area contributed by atoms with Crippen LogP contribution in [0, 0.1) is 0 Å². The number of thioether (sulfide) groups is 1. The van der Waals surface area contributed by atoms with Gasteiger partial charge in [-0.15, -0.1) is 10.2 Å². The molecule has 0 aliphatic rings. The van der Waals surface area contributed by atoms with Gasteiger partial charge in [-0.2, -0.15) is 0 Å². The third kappa shape index (κ3) is 5.18. The fourth-order valence-electron chi connectivity index (χ4n) is 2.38. The second-order valence-electron chi connectivity index (χ2n) is 5.61. The molecule has 138 valence electrons. The first-order valence-corrected chi connectivity index (χ1v) is 9.19. The van der Waals surface area contributed by atoms with Crippen LogP contribution in [0.4, 0.5) is 5.69 Å². The third-order valence-corrected chi connectivity index (χ3v) is 4.54. The molecule has 27 heavy (non-hydrogen) atoms. The fraction of sp³-hybridized carbons (Fsp3) is 0.158. The SMILES string of the molecule is COc1ccccc1NC(=O)CSc1nnc(Cc2ccccc2)c(=O)[nH]1. The maximum Gasteiger partial charge on any atom is 0.273 e. The predicted molar refractivity (Wildman–Crippen MR) is 104 cm³/mol. The highest BCUT2D eigenvalue weighted by molar-refractivity contribution is 7.99. The topological polar surface area (TPSA) is 97.0 Å². The van der Waals surface area contributed by atoms with Crippen molar-refractivity contribution in [3.8, 4) is 5.75 Å². The summed E-state index contributed by atoms with van der Waals surface area (Å²) in [5.74, 6) is 0.426. The Bertz CT molecular complexity index is 976. The number of hydrogen-bond donors (Lipinski definition) is 2. The number of aromatic nitrogens is 3. The van der Waals surface area contributed by atoms with Crippen molar-refractivity contribution in [3.05, 3.63) is 76.2 Å². The zero-order valence-electron chi connectivity index (χ0n) is 14.6. The molecule has 0 saturated carbocycles. The normalized spacial score (nSPS) is 10.4. The van der Waals surface area contributed by atoms with Gasteiger partial charge in [0.1, 0.15) is 11.4 Å². The number of aromatic amines is 1. The lowest BCUT2D eigenvalue weighted by atomic mass is 10.1. The van der Waals surface area contributed by atoms with E-state index in [0.717, 1.165) is 17.3 Å². The highest BCUT2D eigenvalue weighted by Gasteiger charge is 2.10. The van der Waals surface area contributed by atoms with Crippen LogP contribution in [0.1, 0.15) is 11.3 Å². The summed E-state index contributed by atoms with van der Waals surface area (Å²) in [6.07, 6.45) is 0.405. The minimum absolute atomic E-state index is 0.0840. The first kappa shape index (κ1) is 18.7. The maximum atomic E-state index is 12.2. The second kappa shape index (κ2) is 9.00. The number of ether oxygens (including phenoxy) is 1. The molecule has 3 rings (SSSR count). The van der Waals surface area contributed by atoms with E-state index in [1.165, 1.54) is 7.11 Å². The number of amides is 1. The van der Waals surface area contributed by atoms with E-state index in [1.54, 1.807) is 18.2 Å². The van der Waals surface area contributed by atoms with Crippen LogP contribution in [-0.2, 0) is 11.2 Å². The summed E-state index contributed by atoms with van der Waals surface area (Å²) in [6, 6.07) is 16.7. The molecule has 1 aromatic heterocycles. The number of para-hydroxylation sites is 2. The van der Waals surface area contributed by atoms with Gasteiger partial charge in [-0.3, -0.25) is 14.6 Å². The maximum absolute atomic E-state index is 12.2. The minimum atomic E-state index is -0.304. The Morgan fingerprint density at radius 3 is 2.59 bits per heavy atom. The van der Waals surface area contributed by atoms with Crippen molar-refractivity contribution in [1.82, 2.24) is 15.2 Å². The average molecular weight is 382 g/mol. The standard InChI is InChI=1S/C19H18N4O3S/c1-26-16-10-6-5-9-14(16)20-17(24)12-27-19-21-18(25)15(22-23-19)11-13-7-3-2-4-8-13/h2-10H,11-12H2,1H3,(H,20,24)(H,21,23,25). The van der Waals surface area contributed by atoms with Crippen molar-refractivity contribution >= 4 is 23.4 Å². The number of anilines is 1. The Labute approximate surface area is 160 Å². The van der Waals surface area contributed by atoms with E-state index in [-0.39, 0.29) is 17.2 Å². The van der Waals surface area contributed by atoms with Gasteiger partial charge in [-0.05, 0) is 17.7 Å². The summed E-state index contributed by atoms with van der Waals surface area (Å²) in [5, 5.41) is 11.1. The lowest BCUT2D eigenvalue weighted by Crippen LogP contribution is -2.19. The third-order valence-electron chi connectivity index (χ3n) is 3.68. The fourth-order valence-corrected chi connectivity index (χ4v) is 2.99. The van der Waals surface area contributed by atoms with Crippen LogP contribution >= 0.6 is 11.8 Å². The van der Waals surface area contributed by atoms with E-state index >= 15 is 0 Å². The highest BCUT2D eigenvalue weighted by Crippen LogP contribution is 2.23. The van der Waals surface area contributed by atoms with Gasteiger partial charge in [0.25, 0.3) is 5.56 Å². The van der Waals surface area contributed by atoms with Gasteiger partial charge in [-0.1, -0.05) is 54.2 Å². The van der Waals surface area contributed by atoms with Gasteiger partial charge in [0.2, 0.25) is 5.91 Å². The highest BCUT2D eigenvalue weighted by atomic mass is 32.2. The van der Waals surface area contributed by atoms with Gasteiger partial charge in [-0.25, -0.2) is 0 Å². The number of rotatable bonds is 7. The molecule has 0 aliphatic heterocycles. The summed E-state index contributed by atoms with van der Waals surface area (Å²) in [6.45, 7) is 0. The lowest BCUT2D eigenvalue weighted by Gasteiger charge is -2.09. The van der Waals surface area contributed by atoms with E-state index in [0.29, 0.717) is 28.7 Å². The molecule has 1 heterocycles. The van der Waals surface area contributed by atoms with Gasteiger partial charge in [0, 0.05) is 6.42 Å². The quantitative estimate of drug-likeness (QED) is 0.610. The number of methoxy groups -OCH3 is 1. The molecule has 2 N–H and O–H groups in total. The number of nitrogens with zero attached hydrogens (tertiary/aromatic N) is 2. The zero-order chi connectivity index (χ0) is 19.1. The van der Waals surface area contributed by atoms with Crippen molar-refractivity contribution in [2.24, 2.45) is 0 Å². The number of carbonyl (C=O) groups is 1. The zero-order valence-corrected chi connectivity index (χ0v) is 15.5. The molecule has 7 nitrogen and oxygen atoms in total. The molecular weight excluding hydrogens is 364 g/mol. The number of carbonyl (C=O) groups excluding carboxylic acids is 1. The van der Waals surface area contributed by atoms with E-state index in [9.17, 15) is 9.59 Å². The van der Waals surface area contributed by atoms with Crippen LogP contribution in [0.25, 0.3) is 0 Å². The van der Waals surface area contributed by atoms with Crippen molar-refractivity contribution in [2.45, 2.75) is 11.6 Å². The van der Waals surface area contributed by atoms with Crippen LogP contribution < -0.4 is 15.6 Å². The molecule has 0 bridgehead atoms. The van der Waals surface area contributed by atoms with Crippen LogP contribution in [0.3, 0.4) is 0 Å². The summed E-state index contributed by atoms with van der Waals surface area (Å²) in [5.41, 5.74) is 1.60. The monoisotopic (exact) mass is 382 g/mol. The predicted octanol–water partition coefficient (Wildman–Crippen LogP) is 2.50. The average Bonchev–Trinajstić information content (AvgIpc) is 2.69. The Morgan fingerprint density at radius 2 is 1.85 bits per heavy atom. The molecule has 1 amide bonds. The molecule has 0 unspecified atom stereocenters. The molecule has 2 aromatic carbocycles. The summed E-state index contributed by atoms with van der Waals surface area (Å²) < 4.78 is 5.20. The van der Waals surface area contributed by atoms with Crippen LogP contribution in [0.5, 0.6) is 5.75 Å². The number of H-pyrrole nitrogens is 1. The van der Waals surface area contributed by atoms with Crippen LogP contribution in [-0.4, -0.2) is 34.0 Å². The van der Waals surface area contributed by atoms with Crippen molar-refractivity contribution < 1.29 is 9.53 Å². The van der Waals surface area contributed by atoms with Crippen molar-refractivity contribution in [2.75, 3.05) is 18.2 Å². The van der Waals surface area contributed by atoms with Gasteiger partial charge in [0.15, 0.2) is 5.16 Å². The first-order chi connectivity index (χ1) is 13.2. The first-order valence-electron chi connectivity index (χ1n) is 8.21. The number of hydrogen-bond acceptors (Lipinski definition) is 6. The molecule has 0 radical (unpaired) electrons. The molecule has 0 spiro atoms. The number of nitrogens with one attached hydrogen (secondary N) is 2. The van der Waals surface area contributed by atoms with Crippen molar-refractivity contribution in [1.29, 1.82) is 0 Å². The van der Waals surface area contributed by atoms with E-state index in [2.05, 4.69) is 20.5 Å².